The highest BCUT2D eigenvalue weighted by Crippen LogP contribution is 2.22. The molecule has 112 valence electrons. The first-order valence-corrected chi connectivity index (χ1v) is 8.44. The largest absolute Gasteiger partial charge is 0.369 e. The summed E-state index contributed by atoms with van der Waals surface area (Å²) in [6.45, 7) is 2.91. The molecule has 0 saturated heterocycles. The van der Waals surface area contributed by atoms with E-state index in [1.165, 1.54) is 10.5 Å². The van der Waals surface area contributed by atoms with Crippen LogP contribution in [0.3, 0.4) is 0 Å². The number of fused-ring (bicyclic) bond motifs is 1. The monoisotopic (exact) mass is 329 g/mol. The van der Waals surface area contributed by atoms with E-state index in [9.17, 15) is 0 Å². The summed E-state index contributed by atoms with van der Waals surface area (Å²) < 4.78 is 0. The fourth-order valence-electron chi connectivity index (χ4n) is 2.16. The molecule has 22 heavy (non-hydrogen) atoms. The van der Waals surface area contributed by atoms with Crippen molar-refractivity contribution in [2.75, 3.05) is 17.6 Å². The standard InChI is InChI=1S/C17H16ClN3S/c1-12-6-8-13(9-7-12)22-11-10-19-16-14-4-2-3-5-15(14)20-17(18)21-16/h2-9H,10-11H2,1H3,(H,19,20,21). The molecule has 0 aliphatic heterocycles. The average molecular weight is 330 g/mol. The van der Waals surface area contributed by atoms with E-state index in [1.54, 1.807) is 0 Å². The fraction of sp³-hybridized carbons (Fsp3) is 0.176. The molecule has 1 aromatic heterocycles. The maximum absolute atomic E-state index is 5.98. The second-order valence-electron chi connectivity index (χ2n) is 4.95. The predicted molar refractivity (Wildman–Crippen MR) is 94.9 cm³/mol. The Labute approximate surface area is 139 Å². The van der Waals surface area contributed by atoms with Crippen molar-refractivity contribution < 1.29 is 0 Å². The Morgan fingerprint density at radius 1 is 1.05 bits per heavy atom. The van der Waals surface area contributed by atoms with Crippen molar-refractivity contribution in [2.24, 2.45) is 0 Å². The Kier molecular flexibility index (Phi) is 4.80. The van der Waals surface area contributed by atoms with Crippen LogP contribution in [0.25, 0.3) is 10.9 Å². The molecule has 3 aromatic rings. The Hall–Kier alpha value is -1.78. The summed E-state index contributed by atoms with van der Waals surface area (Å²) in [7, 11) is 0. The lowest BCUT2D eigenvalue weighted by atomic mass is 10.2. The normalized spacial score (nSPS) is 10.8. The van der Waals surface area contributed by atoms with Crippen LogP contribution in [0.15, 0.2) is 53.4 Å². The summed E-state index contributed by atoms with van der Waals surface area (Å²) in [4.78, 5) is 9.80. The van der Waals surface area contributed by atoms with Crippen molar-refractivity contribution in [2.45, 2.75) is 11.8 Å². The first-order valence-electron chi connectivity index (χ1n) is 7.08. The van der Waals surface area contributed by atoms with Gasteiger partial charge in [0.1, 0.15) is 5.82 Å². The number of thioether (sulfide) groups is 1. The number of halogens is 1. The van der Waals surface area contributed by atoms with Crippen molar-refractivity contribution in [1.29, 1.82) is 0 Å². The number of hydrogen-bond acceptors (Lipinski definition) is 4. The minimum absolute atomic E-state index is 0.271. The number of benzene rings is 2. The summed E-state index contributed by atoms with van der Waals surface area (Å²) in [6, 6.07) is 16.4. The van der Waals surface area contributed by atoms with Gasteiger partial charge >= 0.3 is 0 Å². The van der Waals surface area contributed by atoms with Crippen molar-refractivity contribution >= 4 is 40.1 Å². The van der Waals surface area contributed by atoms with Crippen LogP contribution in [-0.2, 0) is 0 Å². The second-order valence-corrected chi connectivity index (χ2v) is 6.45. The first-order chi connectivity index (χ1) is 10.7. The van der Waals surface area contributed by atoms with Gasteiger partial charge in [-0.05, 0) is 42.8 Å². The molecule has 0 amide bonds. The maximum atomic E-state index is 5.98. The average Bonchev–Trinajstić information content (AvgIpc) is 2.53. The van der Waals surface area contributed by atoms with Crippen LogP contribution < -0.4 is 5.32 Å². The molecule has 0 aliphatic rings. The summed E-state index contributed by atoms with van der Waals surface area (Å²) in [5.41, 5.74) is 2.14. The van der Waals surface area contributed by atoms with E-state index in [4.69, 9.17) is 11.6 Å². The molecule has 0 radical (unpaired) electrons. The molecule has 0 atom stereocenters. The summed E-state index contributed by atoms with van der Waals surface area (Å²) in [5.74, 6) is 1.75. The van der Waals surface area contributed by atoms with Gasteiger partial charge in [0.05, 0.1) is 5.52 Å². The van der Waals surface area contributed by atoms with Gasteiger partial charge in [-0.2, -0.15) is 0 Å². The highest BCUT2D eigenvalue weighted by Gasteiger charge is 2.05. The van der Waals surface area contributed by atoms with Crippen molar-refractivity contribution in [3.05, 3.63) is 59.4 Å². The van der Waals surface area contributed by atoms with Crippen LogP contribution in [0.1, 0.15) is 5.56 Å². The molecule has 5 heteroatoms. The van der Waals surface area contributed by atoms with E-state index in [-0.39, 0.29) is 5.28 Å². The van der Waals surface area contributed by atoms with Crippen molar-refractivity contribution in [3.8, 4) is 0 Å². The zero-order valence-electron chi connectivity index (χ0n) is 12.2. The first kappa shape index (κ1) is 15.1. The molecule has 0 saturated carbocycles. The molecule has 0 aliphatic carbocycles. The van der Waals surface area contributed by atoms with E-state index >= 15 is 0 Å². The van der Waals surface area contributed by atoms with Crippen LogP contribution in [-0.4, -0.2) is 22.3 Å². The smallest absolute Gasteiger partial charge is 0.224 e. The number of rotatable bonds is 5. The van der Waals surface area contributed by atoms with Gasteiger partial charge < -0.3 is 5.32 Å². The molecule has 3 nitrogen and oxygen atoms in total. The van der Waals surface area contributed by atoms with Crippen LogP contribution in [0.5, 0.6) is 0 Å². The third-order valence-electron chi connectivity index (χ3n) is 3.26. The molecule has 1 N–H and O–H groups in total. The van der Waals surface area contributed by atoms with Crippen LogP contribution in [0.2, 0.25) is 5.28 Å². The minimum Gasteiger partial charge on any atom is -0.369 e. The number of anilines is 1. The van der Waals surface area contributed by atoms with Crippen molar-refractivity contribution in [1.82, 2.24) is 9.97 Å². The van der Waals surface area contributed by atoms with Gasteiger partial charge in [-0.1, -0.05) is 29.8 Å². The molecule has 0 unspecified atom stereocenters. The third-order valence-corrected chi connectivity index (χ3v) is 4.44. The number of hydrogen-bond donors (Lipinski definition) is 1. The van der Waals surface area contributed by atoms with Crippen LogP contribution >= 0.6 is 23.4 Å². The van der Waals surface area contributed by atoms with E-state index < -0.39 is 0 Å². The van der Waals surface area contributed by atoms with Gasteiger partial charge in [0, 0.05) is 22.6 Å². The number of aromatic nitrogens is 2. The molecule has 0 fully saturated rings. The molecule has 3 rings (SSSR count). The zero-order valence-corrected chi connectivity index (χ0v) is 13.8. The number of nitrogens with zero attached hydrogens (tertiary/aromatic N) is 2. The highest BCUT2D eigenvalue weighted by molar-refractivity contribution is 7.99. The predicted octanol–water partition coefficient (Wildman–Crippen LogP) is 4.80. The Bertz CT molecular complexity index is 774. The van der Waals surface area contributed by atoms with E-state index in [0.29, 0.717) is 0 Å². The SMILES string of the molecule is Cc1ccc(SCCNc2nc(Cl)nc3ccccc23)cc1. The number of nitrogens with one attached hydrogen (secondary N) is 1. The highest BCUT2D eigenvalue weighted by atomic mass is 35.5. The lowest BCUT2D eigenvalue weighted by Crippen LogP contribution is -2.07. The quantitative estimate of drug-likeness (QED) is 0.414. The molecule has 0 bridgehead atoms. The van der Waals surface area contributed by atoms with E-state index in [1.807, 2.05) is 36.0 Å². The minimum atomic E-state index is 0.271. The van der Waals surface area contributed by atoms with Crippen LogP contribution in [0.4, 0.5) is 5.82 Å². The Morgan fingerprint density at radius 3 is 2.64 bits per heavy atom. The van der Waals surface area contributed by atoms with Gasteiger partial charge in [-0.25, -0.2) is 9.97 Å². The zero-order chi connectivity index (χ0) is 15.4. The lowest BCUT2D eigenvalue weighted by Gasteiger charge is -2.09. The molecule has 2 aromatic carbocycles. The summed E-state index contributed by atoms with van der Waals surface area (Å²) in [5, 5.41) is 4.62. The van der Waals surface area contributed by atoms with E-state index in [2.05, 4.69) is 46.5 Å². The maximum Gasteiger partial charge on any atom is 0.224 e. The Morgan fingerprint density at radius 2 is 1.82 bits per heavy atom. The van der Waals surface area contributed by atoms with Gasteiger partial charge in [-0.15, -0.1) is 11.8 Å². The van der Waals surface area contributed by atoms with Gasteiger partial charge in [0.25, 0.3) is 0 Å². The number of para-hydroxylation sites is 1. The van der Waals surface area contributed by atoms with Crippen LogP contribution in [0, 0.1) is 6.92 Å². The second kappa shape index (κ2) is 6.99. The lowest BCUT2D eigenvalue weighted by molar-refractivity contribution is 1.15. The van der Waals surface area contributed by atoms with Crippen molar-refractivity contribution in [3.63, 3.8) is 0 Å². The molecule has 1 heterocycles. The molecular formula is C17H16ClN3S. The molecular weight excluding hydrogens is 314 g/mol. The fourth-order valence-corrected chi connectivity index (χ4v) is 3.10. The van der Waals surface area contributed by atoms with Gasteiger partial charge in [0.15, 0.2) is 0 Å². The van der Waals surface area contributed by atoms with Gasteiger partial charge in [-0.3, -0.25) is 0 Å². The van der Waals surface area contributed by atoms with E-state index in [0.717, 1.165) is 29.0 Å². The summed E-state index contributed by atoms with van der Waals surface area (Å²) >= 11 is 7.80. The van der Waals surface area contributed by atoms with Gasteiger partial charge in [0.2, 0.25) is 5.28 Å². The summed E-state index contributed by atoms with van der Waals surface area (Å²) in [6.07, 6.45) is 0. The third kappa shape index (κ3) is 3.70. The topological polar surface area (TPSA) is 37.8 Å². The number of aryl methyl sites for hydroxylation is 1. The Balaban J connectivity index is 1.63. The molecule has 0 spiro atoms.